The first-order valence-corrected chi connectivity index (χ1v) is 9.29. The van der Waals surface area contributed by atoms with Gasteiger partial charge in [0.1, 0.15) is 30.2 Å². The van der Waals surface area contributed by atoms with Gasteiger partial charge < -0.3 is 35.2 Å². The minimum atomic E-state index is -1.46. The lowest BCUT2D eigenvalue weighted by Gasteiger charge is -2.39. The number of aliphatic hydroxyl groups excluding tert-OH is 4. The number of hydrogen-bond acceptors (Lipinski definition) is 7. The Hall–Kier alpha value is -1.74. The van der Waals surface area contributed by atoms with Gasteiger partial charge in [0.05, 0.1) is 6.61 Å². The number of aliphatic hydroxyl groups is 4. The van der Waals surface area contributed by atoms with E-state index in [-0.39, 0.29) is 0 Å². The minimum Gasteiger partial charge on any atom is -0.461 e. The van der Waals surface area contributed by atoms with E-state index in [9.17, 15) is 20.4 Å². The maximum absolute atomic E-state index is 10.3. The van der Waals surface area contributed by atoms with Crippen LogP contribution in [0.4, 0.5) is 0 Å². The average Bonchev–Trinajstić information content (AvgIpc) is 2.65. The standard InChI is InChI=1S/C20H25NO6/c22-10-15-17(23)18(24)19(25)20(27-15)26-14-6-2-4-11-3-1-5-12(16(11)14)9-13-7-8-21-13/h1-6,13,15,17-25H,7-10H2/t13-,15-,17-,18-,19-,20-/m1/s1. The van der Waals surface area contributed by atoms with Crippen molar-refractivity contribution in [1.29, 1.82) is 0 Å². The predicted octanol–water partition coefficient (Wildman–Crippen LogP) is -0.0771. The molecule has 0 spiro atoms. The van der Waals surface area contributed by atoms with Crippen molar-refractivity contribution < 1.29 is 29.9 Å². The third kappa shape index (κ3) is 3.54. The molecule has 2 aliphatic rings. The Bertz CT molecular complexity index is 788. The second kappa shape index (κ2) is 7.71. The zero-order valence-electron chi connectivity index (χ0n) is 14.9. The zero-order valence-corrected chi connectivity index (χ0v) is 14.9. The number of benzene rings is 2. The summed E-state index contributed by atoms with van der Waals surface area (Å²) in [6.45, 7) is 0.544. The molecule has 146 valence electrons. The highest BCUT2D eigenvalue weighted by molar-refractivity contribution is 5.91. The van der Waals surface area contributed by atoms with Gasteiger partial charge in [0.25, 0.3) is 0 Å². The van der Waals surface area contributed by atoms with Crippen molar-refractivity contribution in [3.8, 4) is 5.75 Å². The number of ether oxygens (including phenoxy) is 2. The molecule has 0 aromatic heterocycles. The lowest BCUT2D eigenvalue weighted by molar-refractivity contribution is -0.277. The fraction of sp³-hybridized carbons (Fsp3) is 0.500. The Balaban J connectivity index is 1.65. The molecular weight excluding hydrogens is 350 g/mol. The SMILES string of the molecule is OC[C@H]1O[C@@H](Oc2cccc3cccc(C[C@H]4CCN4)c23)[C@H](O)[C@H](O)[C@@H]1O. The van der Waals surface area contributed by atoms with Crippen LogP contribution < -0.4 is 10.1 Å². The van der Waals surface area contributed by atoms with Crippen LogP contribution in [0, 0.1) is 0 Å². The van der Waals surface area contributed by atoms with Gasteiger partial charge in [-0.1, -0.05) is 30.3 Å². The normalized spacial score (nSPS) is 33.6. The molecule has 7 heteroatoms. The first kappa shape index (κ1) is 18.6. The van der Waals surface area contributed by atoms with Gasteiger partial charge in [0, 0.05) is 11.4 Å². The lowest BCUT2D eigenvalue weighted by Crippen LogP contribution is -2.60. The van der Waals surface area contributed by atoms with E-state index in [1.165, 1.54) is 0 Å². The monoisotopic (exact) mass is 375 g/mol. The molecule has 0 unspecified atom stereocenters. The summed E-state index contributed by atoms with van der Waals surface area (Å²) in [5.41, 5.74) is 1.13. The molecule has 7 nitrogen and oxygen atoms in total. The molecule has 0 bridgehead atoms. The molecule has 27 heavy (non-hydrogen) atoms. The summed E-state index contributed by atoms with van der Waals surface area (Å²) < 4.78 is 11.4. The summed E-state index contributed by atoms with van der Waals surface area (Å²) in [6.07, 6.45) is -4.49. The van der Waals surface area contributed by atoms with Crippen LogP contribution in [0.5, 0.6) is 5.75 Å². The quantitative estimate of drug-likeness (QED) is 0.497. The highest BCUT2D eigenvalue weighted by atomic mass is 16.7. The van der Waals surface area contributed by atoms with Gasteiger partial charge in [0.2, 0.25) is 6.29 Å². The molecule has 2 aromatic rings. The van der Waals surface area contributed by atoms with Crippen LogP contribution in [0.15, 0.2) is 36.4 Å². The summed E-state index contributed by atoms with van der Waals surface area (Å²) in [6, 6.07) is 12.1. The van der Waals surface area contributed by atoms with Crippen molar-refractivity contribution in [3.63, 3.8) is 0 Å². The third-order valence-corrected chi connectivity index (χ3v) is 5.44. The van der Waals surface area contributed by atoms with Crippen LogP contribution in [0.25, 0.3) is 10.8 Å². The molecule has 0 radical (unpaired) electrons. The lowest BCUT2D eigenvalue weighted by atomic mass is 9.94. The van der Waals surface area contributed by atoms with Crippen LogP contribution >= 0.6 is 0 Å². The molecule has 5 N–H and O–H groups in total. The molecule has 0 aliphatic carbocycles. The zero-order chi connectivity index (χ0) is 19.0. The average molecular weight is 375 g/mol. The fourth-order valence-corrected chi connectivity index (χ4v) is 3.73. The Labute approximate surface area is 157 Å². The van der Waals surface area contributed by atoms with E-state index in [1.807, 2.05) is 24.3 Å². The van der Waals surface area contributed by atoms with Crippen LogP contribution in [-0.4, -0.2) is 70.3 Å². The molecule has 0 amide bonds. The van der Waals surface area contributed by atoms with Crippen molar-refractivity contribution in [2.24, 2.45) is 0 Å². The highest BCUT2D eigenvalue weighted by Gasteiger charge is 2.44. The third-order valence-electron chi connectivity index (χ3n) is 5.44. The van der Waals surface area contributed by atoms with E-state index in [0.717, 1.165) is 35.7 Å². The molecule has 2 heterocycles. The molecule has 2 aliphatic heterocycles. The van der Waals surface area contributed by atoms with Gasteiger partial charge in [-0.25, -0.2) is 0 Å². The Morgan fingerprint density at radius 2 is 1.78 bits per heavy atom. The van der Waals surface area contributed by atoms with Gasteiger partial charge >= 0.3 is 0 Å². The Kier molecular flexibility index (Phi) is 5.32. The van der Waals surface area contributed by atoms with Crippen LogP contribution in [-0.2, 0) is 11.2 Å². The van der Waals surface area contributed by atoms with Crippen LogP contribution in [0.2, 0.25) is 0 Å². The maximum Gasteiger partial charge on any atom is 0.229 e. The number of rotatable bonds is 5. The van der Waals surface area contributed by atoms with Gasteiger partial charge in [-0.15, -0.1) is 0 Å². The fourth-order valence-electron chi connectivity index (χ4n) is 3.73. The molecule has 0 saturated carbocycles. The molecule has 6 atom stereocenters. The molecular formula is C20H25NO6. The van der Waals surface area contributed by atoms with Gasteiger partial charge in [-0.2, -0.15) is 0 Å². The smallest absolute Gasteiger partial charge is 0.229 e. The van der Waals surface area contributed by atoms with E-state index in [4.69, 9.17) is 9.47 Å². The van der Waals surface area contributed by atoms with Gasteiger partial charge in [0.15, 0.2) is 0 Å². The summed E-state index contributed by atoms with van der Waals surface area (Å²) in [5.74, 6) is 0.534. The predicted molar refractivity (Wildman–Crippen MR) is 98.5 cm³/mol. The summed E-state index contributed by atoms with van der Waals surface area (Å²) >= 11 is 0. The Morgan fingerprint density at radius 1 is 1.04 bits per heavy atom. The molecule has 2 aromatic carbocycles. The number of hydrogen-bond donors (Lipinski definition) is 5. The molecule has 2 fully saturated rings. The second-order valence-corrected chi connectivity index (χ2v) is 7.23. The minimum absolute atomic E-state index is 0.441. The maximum atomic E-state index is 10.3. The number of fused-ring (bicyclic) bond motifs is 1. The van der Waals surface area contributed by atoms with E-state index >= 15 is 0 Å². The second-order valence-electron chi connectivity index (χ2n) is 7.23. The van der Waals surface area contributed by atoms with E-state index in [0.29, 0.717) is 11.8 Å². The van der Waals surface area contributed by atoms with Crippen molar-refractivity contribution >= 4 is 10.8 Å². The molecule has 2 saturated heterocycles. The summed E-state index contributed by atoms with van der Waals surface area (Å²) in [4.78, 5) is 0. The van der Waals surface area contributed by atoms with E-state index in [1.54, 1.807) is 6.07 Å². The first-order chi connectivity index (χ1) is 13.1. The number of nitrogens with one attached hydrogen (secondary N) is 1. The summed E-state index contributed by atoms with van der Waals surface area (Å²) in [7, 11) is 0. The van der Waals surface area contributed by atoms with Crippen molar-refractivity contribution in [2.75, 3.05) is 13.2 Å². The highest BCUT2D eigenvalue weighted by Crippen LogP contribution is 2.33. The summed E-state index contributed by atoms with van der Waals surface area (Å²) in [5, 5.41) is 44.9. The Morgan fingerprint density at radius 3 is 2.44 bits per heavy atom. The van der Waals surface area contributed by atoms with Crippen LogP contribution in [0.1, 0.15) is 12.0 Å². The molecule has 4 rings (SSSR count). The van der Waals surface area contributed by atoms with Crippen molar-refractivity contribution in [3.05, 3.63) is 42.0 Å². The first-order valence-electron chi connectivity index (χ1n) is 9.29. The van der Waals surface area contributed by atoms with E-state index < -0.39 is 37.3 Å². The topological polar surface area (TPSA) is 111 Å². The van der Waals surface area contributed by atoms with Crippen molar-refractivity contribution in [2.45, 2.75) is 49.6 Å². The largest absolute Gasteiger partial charge is 0.461 e. The van der Waals surface area contributed by atoms with Crippen molar-refractivity contribution in [1.82, 2.24) is 5.32 Å². The van der Waals surface area contributed by atoms with Gasteiger partial charge in [-0.3, -0.25) is 0 Å². The van der Waals surface area contributed by atoms with Gasteiger partial charge in [-0.05, 0) is 36.4 Å². The van der Waals surface area contributed by atoms with Crippen LogP contribution in [0.3, 0.4) is 0 Å². The van der Waals surface area contributed by atoms with E-state index in [2.05, 4.69) is 11.4 Å².